The molecule has 7 heteroatoms. The lowest BCUT2D eigenvalue weighted by Gasteiger charge is -2.30. The van der Waals surface area contributed by atoms with Gasteiger partial charge in [-0.3, -0.25) is 10.1 Å². The molecule has 0 aliphatic heterocycles. The summed E-state index contributed by atoms with van der Waals surface area (Å²) in [6, 6.07) is 8.11. The van der Waals surface area contributed by atoms with E-state index in [0.717, 1.165) is 25.7 Å². The number of ether oxygens (including phenoxy) is 1. The van der Waals surface area contributed by atoms with Gasteiger partial charge in [0, 0.05) is 17.6 Å². The lowest BCUT2D eigenvalue weighted by Crippen LogP contribution is -2.48. The average Bonchev–Trinajstić information content (AvgIpc) is 2.55. The van der Waals surface area contributed by atoms with Crippen LogP contribution in [0.2, 0.25) is 0 Å². The summed E-state index contributed by atoms with van der Waals surface area (Å²) < 4.78 is 5.25. The van der Waals surface area contributed by atoms with Gasteiger partial charge in [-0.25, -0.2) is 9.59 Å². The second-order valence-corrected chi connectivity index (χ2v) is 7.49. The number of carbonyl (C=O) groups excluding carboxylic acids is 3. The van der Waals surface area contributed by atoms with Crippen LogP contribution in [0.1, 0.15) is 56.8 Å². The van der Waals surface area contributed by atoms with E-state index in [-0.39, 0.29) is 12.1 Å². The second kappa shape index (κ2) is 8.69. The van der Waals surface area contributed by atoms with Crippen molar-refractivity contribution in [1.29, 1.82) is 0 Å². The molecule has 0 unspecified atom stereocenters. The maximum absolute atomic E-state index is 12.0. The van der Waals surface area contributed by atoms with E-state index in [4.69, 9.17) is 4.74 Å². The normalized spacial score (nSPS) is 20.0. The number of amides is 4. The molecule has 1 saturated carbocycles. The zero-order valence-corrected chi connectivity index (χ0v) is 15.5. The molecule has 4 amide bonds. The Balaban J connectivity index is 1.70. The van der Waals surface area contributed by atoms with E-state index < -0.39 is 23.6 Å². The Morgan fingerprint density at radius 3 is 2.00 bits per heavy atom. The number of imide groups is 1. The van der Waals surface area contributed by atoms with Gasteiger partial charge in [0.2, 0.25) is 0 Å². The molecule has 0 atom stereocenters. The third-order valence-electron chi connectivity index (χ3n) is 4.05. The summed E-state index contributed by atoms with van der Waals surface area (Å²) in [5.74, 6) is -0.427. The predicted molar refractivity (Wildman–Crippen MR) is 97.9 cm³/mol. The first-order valence-electron chi connectivity index (χ1n) is 8.89. The molecule has 26 heavy (non-hydrogen) atoms. The van der Waals surface area contributed by atoms with E-state index in [1.54, 1.807) is 30.3 Å². The number of carbonyl (C=O) groups is 3. The zero-order valence-electron chi connectivity index (χ0n) is 15.5. The fourth-order valence-corrected chi connectivity index (χ4v) is 2.84. The number of hydrogen-bond donors (Lipinski definition) is 3. The highest BCUT2D eigenvalue weighted by Crippen LogP contribution is 2.19. The van der Waals surface area contributed by atoms with Gasteiger partial charge in [0.15, 0.2) is 0 Å². The predicted octanol–water partition coefficient (Wildman–Crippen LogP) is 2.96. The first-order chi connectivity index (χ1) is 12.2. The van der Waals surface area contributed by atoms with Gasteiger partial charge in [-0.15, -0.1) is 0 Å². The summed E-state index contributed by atoms with van der Waals surface area (Å²) >= 11 is 0. The van der Waals surface area contributed by atoms with Crippen LogP contribution in [-0.2, 0) is 4.74 Å². The molecule has 0 spiro atoms. The summed E-state index contributed by atoms with van der Waals surface area (Å²) in [7, 11) is 0. The number of benzene rings is 1. The van der Waals surface area contributed by atoms with E-state index in [1.807, 2.05) is 20.8 Å². The van der Waals surface area contributed by atoms with Crippen molar-refractivity contribution < 1.29 is 19.1 Å². The lowest BCUT2D eigenvalue weighted by molar-refractivity contribution is 0.0489. The molecule has 142 valence electrons. The highest BCUT2D eigenvalue weighted by Gasteiger charge is 2.25. The van der Waals surface area contributed by atoms with E-state index >= 15 is 0 Å². The highest BCUT2D eigenvalue weighted by atomic mass is 16.6. The molecule has 0 heterocycles. The molecule has 0 bridgehead atoms. The van der Waals surface area contributed by atoms with Crippen molar-refractivity contribution in [2.24, 2.45) is 0 Å². The van der Waals surface area contributed by atoms with Crippen LogP contribution in [0.15, 0.2) is 30.3 Å². The first kappa shape index (κ1) is 19.8. The van der Waals surface area contributed by atoms with Crippen LogP contribution in [0.25, 0.3) is 0 Å². The van der Waals surface area contributed by atoms with Gasteiger partial charge in [0.05, 0.1) is 0 Å². The molecule has 2 rings (SSSR count). The summed E-state index contributed by atoms with van der Waals surface area (Å²) in [4.78, 5) is 35.7. The lowest BCUT2D eigenvalue weighted by atomic mass is 9.91. The largest absolute Gasteiger partial charge is 0.444 e. The topological polar surface area (TPSA) is 96.5 Å². The second-order valence-electron chi connectivity index (χ2n) is 7.49. The maximum Gasteiger partial charge on any atom is 0.407 e. The molecule has 3 N–H and O–H groups in total. The van der Waals surface area contributed by atoms with Crippen LogP contribution in [0.4, 0.5) is 9.59 Å². The minimum absolute atomic E-state index is 0.0183. The monoisotopic (exact) mass is 361 g/mol. The SMILES string of the molecule is CC(C)(C)OC(=O)NC1CCC(NC(=O)NC(=O)c2ccccc2)CC1. The molecule has 7 nitrogen and oxygen atoms in total. The van der Waals surface area contributed by atoms with Crippen molar-refractivity contribution in [1.82, 2.24) is 16.0 Å². The summed E-state index contributed by atoms with van der Waals surface area (Å²) in [5, 5.41) is 8.01. The van der Waals surface area contributed by atoms with Gasteiger partial charge in [0.1, 0.15) is 5.60 Å². The molecular weight excluding hydrogens is 334 g/mol. The number of alkyl carbamates (subject to hydrolysis) is 1. The van der Waals surface area contributed by atoms with Crippen molar-refractivity contribution in [3.8, 4) is 0 Å². The van der Waals surface area contributed by atoms with Crippen molar-refractivity contribution >= 4 is 18.0 Å². The van der Waals surface area contributed by atoms with Crippen LogP contribution in [0.5, 0.6) is 0 Å². The Hall–Kier alpha value is -2.57. The van der Waals surface area contributed by atoms with E-state index in [9.17, 15) is 14.4 Å². The van der Waals surface area contributed by atoms with Crippen molar-refractivity contribution in [2.45, 2.75) is 64.1 Å². The third-order valence-corrected chi connectivity index (χ3v) is 4.05. The van der Waals surface area contributed by atoms with Crippen LogP contribution < -0.4 is 16.0 Å². The quantitative estimate of drug-likeness (QED) is 0.771. The average molecular weight is 361 g/mol. The van der Waals surface area contributed by atoms with E-state index in [0.29, 0.717) is 5.56 Å². The molecule has 1 aromatic carbocycles. The number of rotatable bonds is 3. The fraction of sp³-hybridized carbons (Fsp3) is 0.526. The summed E-state index contributed by atoms with van der Waals surface area (Å²) in [5.41, 5.74) is -0.0837. The Labute approximate surface area is 153 Å². The zero-order chi connectivity index (χ0) is 19.2. The van der Waals surface area contributed by atoms with Crippen LogP contribution in [0.3, 0.4) is 0 Å². The van der Waals surface area contributed by atoms with E-state index in [1.165, 1.54) is 0 Å². The first-order valence-corrected chi connectivity index (χ1v) is 8.89. The van der Waals surface area contributed by atoms with Crippen molar-refractivity contribution in [3.63, 3.8) is 0 Å². The molecule has 1 aliphatic rings. The molecule has 0 aromatic heterocycles. The van der Waals surface area contributed by atoms with Gasteiger partial charge in [0.25, 0.3) is 5.91 Å². The molecule has 1 fully saturated rings. The standard InChI is InChI=1S/C19H27N3O4/c1-19(2,3)26-18(25)21-15-11-9-14(10-12-15)20-17(24)22-16(23)13-7-5-4-6-8-13/h4-8,14-15H,9-12H2,1-3H3,(H,21,25)(H2,20,22,23,24). The summed E-state index contributed by atoms with van der Waals surface area (Å²) in [6.45, 7) is 5.47. The van der Waals surface area contributed by atoms with Gasteiger partial charge in [-0.2, -0.15) is 0 Å². The summed E-state index contributed by atoms with van der Waals surface area (Å²) in [6.07, 6.45) is 2.54. The number of hydrogen-bond acceptors (Lipinski definition) is 4. The third kappa shape index (κ3) is 6.74. The fourth-order valence-electron chi connectivity index (χ4n) is 2.84. The molecular formula is C19H27N3O4. The van der Waals surface area contributed by atoms with Gasteiger partial charge >= 0.3 is 12.1 Å². The Morgan fingerprint density at radius 2 is 1.46 bits per heavy atom. The van der Waals surface area contributed by atoms with Gasteiger partial charge in [-0.05, 0) is 58.6 Å². The Morgan fingerprint density at radius 1 is 0.923 bits per heavy atom. The maximum atomic E-state index is 12.0. The molecule has 1 aliphatic carbocycles. The van der Waals surface area contributed by atoms with Crippen molar-refractivity contribution in [3.05, 3.63) is 35.9 Å². The Bertz CT molecular complexity index is 632. The van der Waals surface area contributed by atoms with Crippen LogP contribution in [-0.4, -0.2) is 35.7 Å². The highest BCUT2D eigenvalue weighted by molar-refractivity contribution is 6.04. The number of nitrogens with one attached hydrogen (secondary N) is 3. The molecule has 0 saturated heterocycles. The van der Waals surface area contributed by atoms with Crippen LogP contribution >= 0.6 is 0 Å². The van der Waals surface area contributed by atoms with E-state index in [2.05, 4.69) is 16.0 Å². The Kier molecular flexibility index (Phi) is 6.60. The number of urea groups is 1. The minimum atomic E-state index is -0.522. The molecule has 1 aromatic rings. The molecule has 0 radical (unpaired) electrons. The van der Waals surface area contributed by atoms with Gasteiger partial charge < -0.3 is 15.4 Å². The minimum Gasteiger partial charge on any atom is -0.444 e. The van der Waals surface area contributed by atoms with Crippen molar-refractivity contribution in [2.75, 3.05) is 0 Å². The van der Waals surface area contributed by atoms with Gasteiger partial charge in [-0.1, -0.05) is 18.2 Å². The smallest absolute Gasteiger partial charge is 0.407 e. The van der Waals surface area contributed by atoms with Crippen LogP contribution in [0, 0.1) is 0 Å².